The Bertz CT molecular complexity index is 573. The lowest BCUT2D eigenvalue weighted by atomic mass is 10.1. The number of rotatable bonds is 8. The zero-order chi connectivity index (χ0) is 15.5. The Kier molecular flexibility index (Phi) is 5.66. The molecule has 0 aromatic heterocycles. The Morgan fingerprint density at radius 2 is 2.05 bits per heavy atom. The average Bonchev–Trinajstić information content (AvgIpc) is 3.27. The molecule has 1 aromatic carbocycles. The van der Waals surface area contributed by atoms with Gasteiger partial charge in [0.25, 0.3) is 0 Å². The summed E-state index contributed by atoms with van der Waals surface area (Å²) in [6, 6.07) is 7.72. The number of halogens is 1. The highest BCUT2D eigenvalue weighted by atomic mass is 35.5. The summed E-state index contributed by atoms with van der Waals surface area (Å²) < 4.78 is 26.2. The number of nitrogens with one attached hydrogen (secondary N) is 1. The van der Waals surface area contributed by atoms with Crippen LogP contribution in [-0.2, 0) is 10.0 Å². The predicted octanol–water partition coefficient (Wildman–Crippen LogP) is 2.80. The molecule has 0 radical (unpaired) electrons. The second-order valence-electron chi connectivity index (χ2n) is 5.61. The van der Waals surface area contributed by atoms with E-state index in [2.05, 4.69) is 5.32 Å². The van der Waals surface area contributed by atoms with Crippen LogP contribution in [0.15, 0.2) is 24.3 Å². The van der Waals surface area contributed by atoms with Crippen LogP contribution in [0.25, 0.3) is 0 Å². The highest BCUT2D eigenvalue weighted by Crippen LogP contribution is 2.28. The Hall–Kier alpha value is -0.620. The van der Waals surface area contributed by atoms with Gasteiger partial charge in [-0.05, 0) is 44.4 Å². The molecule has 1 unspecified atom stereocenters. The maximum absolute atomic E-state index is 12.4. The van der Waals surface area contributed by atoms with E-state index in [0.717, 1.165) is 12.1 Å². The average molecular weight is 331 g/mol. The Balaban J connectivity index is 1.92. The van der Waals surface area contributed by atoms with E-state index in [4.69, 9.17) is 11.6 Å². The van der Waals surface area contributed by atoms with Crippen molar-refractivity contribution in [2.75, 3.05) is 19.3 Å². The van der Waals surface area contributed by atoms with Crippen molar-refractivity contribution in [3.05, 3.63) is 34.9 Å². The summed E-state index contributed by atoms with van der Waals surface area (Å²) in [7, 11) is -1.64. The van der Waals surface area contributed by atoms with Gasteiger partial charge >= 0.3 is 0 Å². The van der Waals surface area contributed by atoms with Crippen LogP contribution in [0.2, 0.25) is 5.02 Å². The Labute approximate surface area is 132 Å². The summed E-state index contributed by atoms with van der Waals surface area (Å²) in [5.41, 5.74) is 0.835. The number of sulfonamides is 1. The van der Waals surface area contributed by atoms with Crippen molar-refractivity contribution < 1.29 is 8.42 Å². The van der Waals surface area contributed by atoms with Crippen LogP contribution < -0.4 is 5.32 Å². The van der Waals surface area contributed by atoms with E-state index in [9.17, 15) is 8.42 Å². The molecule has 21 heavy (non-hydrogen) atoms. The quantitative estimate of drug-likeness (QED) is 0.746. The van der Waals surface area contributed by atoms with Crippen LogP contribution in [0.4, 0.5) is 0 Å². The molecule has 1 aromatic rings. The fraction of sp³-hybridized carbons (Fsp3) is 0.600. The van der Waals surface area contributed by atoms with E-state index in [1.807, 2.05) is 25.1 Å². The zero-order valence-electron chi connectivity index (χ0n) is 12.5. The maximum Gasteiger partial charge on any atom is 0.214 e. The topological polar surface area (TPSA) is 49.4 Å². The van der Waals surface area contributed by atoms with E-state index in [1.165, 1.54) is 17.1 Å². The van der Waals surface area contributed by atoms with Gasteiger partial charge in [0.1, 0.15) is 0 Å². The van der Waals surface area contributed by atoms with Crippen molar-refractivity contribution in [1.29, 1.82) is 0 Å². The zero-order valence-corrected chi connectivity index (χ0v) is 14.1. The van der Waals surface area contributed by atoms with Crippen LogP contribution >= 0.6 is 11.6 Å². The fourth-order valence-corrected chi connectivity index (χ4v) is 3.93. The lowest BCUT2D eigenvalue weighted by molar-refractivity contribution is 0.397. The van der Waals surface area contributed by atoms with Crippen molar-refractivity contribution in [1.82, 2.24) is 9.62 Å². The van der Waals surface area contributed by atoms with Gasteiger partial charge in [-0.2, -0.15) is 4.31 Å². The van der Waals surface area contributed by atoms with Gasteiger partial charge in [-0.1, -0.05) is 29.8 Å². The molecule has 0 amide bonds. The van der Waals surface area contributed by atoms with Gasteiger partial charge in [0.15, 0.2) is 0 Å². The minimum absolute atomic E-state index is 0.165. The van der Waals surface area contributed by atoms with Crippen LogP contribution in [0, 0.1) is 0 Å². The highest BCUT2D eigenvalue weighted by molar-refractivity contribution is 7.89. The van der Waals surface area contributed by atoms with E-state index in [-0.39, 0.29) is 11.8 Å². The van der Waals surface area contributed by atoms with Crippen LogP contribution in [0.5, 0.6) is 0 Å². The molecule has 1 fully saturated rings. The summed E-state index contributed by atoms with van der Waals surface area (Å²) in [5.74, 6) is 0.165. The standard InChI is InChI=1S/C15H23ClN2O2S/c1-12(14-6-3-4-7-15(14)16)18(2)21(19,20)11-5-10-17-13-8-9-13/h3-4,6-7,12-13,17H,5,8-11H2,1-2H3. The van der Waals surface area contributed by atoms with Crippen molar-refractivity contribution in [2.45, 2.75) is 38.3 Å². The molecule has 1 N–H and O–H groups in total. The first kappa shape index (κ1) is 16.7. The number of benzene rings is 1. The third-order valence-electron chi connectivity index (χ3n) is 3.93. The first-order valence-corrected chi connectivity index (χ1v) is 9.34. The molecule has 6 heteroatoms. The molecule has 118 valence electrons. The minimum atomic E-state index is -3.27. The van der Waals surface area contributed by atoms with E-state index in [0.29, 0.717) is 17.5 Å². The normalized spacial score (nSPS) is 17.1. The van der Waals surface area contributed by atoms with Crippen LogP contribution in [-0.4, -0.2) is 38.1 Å². The Morgan fingerprint density at radius 3 is 2.67 bits per heavy atom. The first-order chi connectivity index (χ1) is 9.92. The first-order valence-electron chi connectivity index (χ1n) is 7.35. The van der Waals surface area contributed by atoms with Crippen molar-refractivity contribution in [2.24, 2.45) is 0 Å². The molecule has 0 aliphatic heterocycles. The SMILES string of the molecule is CC(c1ccccc1Cl)N(C)S(=O)(=O)CCCNC1CC1. The summed E-state index contributed by atoms with van der Waals surface area (Å²) >= 11 is 6.15. The second kappa shape index (κ2) is 7.09. The molecule has 0 bridgehead atoms. The van der Waals surface area contributed by atoms with Gasteiger partial charge < -0.3 is 5.32 Å². The van der Waals surface area contributed by atoms with Gasteiger partial charge in [0.05, 0.1) is 5.75 Å². The molecule has 1 saturated carbocycles. The molecular weight excluding hydrogens is 308 g/mol. The summed E-state index contributed by atoms with van der Waals surface area (Å²) in [5, 5.41) is 3.93. The third kappa shape index (κ3) is 4.68. The molecule has 0 spiro atoms. The van der Waals surface area contributed by atoms with E-state index >= 15 is 0 Å². The lowest BCUT2D eigenvalue weighted by Gasteiger charge is -2.25. The number of hydrogen-bond acceptors (Lipinski definition) is 3. The second-order valence-corrected chi connectivity index (χ2v) is 8.17. The third-order valence-corrected chi connectivity index (χ3v) is 6.27. The highest BCUT2D eigenvalue weighted by Gasteiger charge is 2.25. The number of nitrogens with zero attached hydrogens (tertiary/aromatic N) is 1. The summed E-state index contributed by atoms with van der Waals surface area (Å²) in [6.07, 6.45) is 3.07. The minimum Gasteiger partial charge on any atom is -0.314 e. The van der Waals surface area contributed by atoms with Crippen molar-refractivity contribution >= 4 is 21.6 Å². The summed E-state index contributed by atoms with van der Waals surface area (Å²) in [4.78, 5) is 0. The van der Waals surface area contributed by atoms with E-state index in [1.54, 1.807) is 13.1 Å². The molecule has 0 heterocycles. The fourth-order valence-electron chi connectivity index (χ4n) is 2.24. The molecule has 4 nitrogen and oxygen atoms in total. The van der Waals surface area contributed by atoms with E-state index < -0.39 is 10.0 Å². The molecular formula is C15H23ClN2O2S. The Morgan fingerprint density at radius 1 is 1.38 bits per heavy atom. The molecule has 1 atom stereocenters. The lowest BCUT2D eigenvalue weighted by Crippen LogP contribution is -2.33. The summed E-state index contributed by atoms with van der Waals surface area (Å²) in [6.45, 7) is 2.62. The molecule has 1 aliphatic rings. The monoisotopic (exact) mass is 330 g/mol. The van der Waals surface area contributed by atoms with Gasteiger partial charge in [-0.15, -0.1) is 0 Å². The smallest absolute Gasteiger partial charge is 0.214 e. The molecule has 1 aliphatic carbocycles. The largest absolute Gasteiger partial charge is 0.314 e. The molecule has 2 rings (SSSR count). The van der Waals surface area contributed by atoms with Gasteiger partial charge in [0, 0.05) is 24.2 Å². The van der Waals surface area contributed by atoms with Crippen molar-refractivity contribution in [3.8, 4) is 0 Å². The van der Waals surface area contributed by atoms with Crippen LogP contribution in [0.1, 0.15) is 37.8 Å². The predicted molar refractivity (Wildman–Crippen MR) is 87.1 cm³/mol. The van der Waals surface area contributed by atoms with Gasteiger partial charge in [-0.3, -0.25) is 0 Å². The van der Waals surface area contributed by atoms with Crippen molar-refractivity contribution in [3.63, 3.8) is 0 Å². The van der Waals surface area contributed by atoms with Gasteiger partial charge in [-0.25, -0.2) is 8.42 Å². The maximum atomic E-state index is 12.4. The van der Waals surface area contributed by atoms with Gasteiger partial charge in [0.2, 0.25) is 10.0 Å². The molecule has 0 saturated heterocycles. The number of hydrogen-bond donors (Lipinski definition) is 1. The van der Waals surface area contributed by atoms with Crippen LogP contribution in [0.3, 0.4) is 0 Å².